The van der Waals surface area contributed by atoms with E-state index in [0.717, 1.165) is 11.5 Å². The molecule has 1 atom stereocenters. The molecule has 3 nitrogen and oxygen atoms in total. The molecule has 0 aromatic heterocycles. The van der Waals surface area contributed by atoms with E-state index in [1.807, 2.05) is 31.2 Å². The third-order valence-corrected chi connectivity index (χ3v) is 1.57. The lowest BCUT2D eigenvalue weighted by Crippen LogP contribution is -2.23. The van der Waals surface area contributed by atoms with Crippen LogP contribution in [0, 0.1) is 0 Å². The van der Waals surface area contributed by atoms with Crippen LogP contribution in [0.2, 0.25) is 0 Å². The van der Waals surface area contributed by atoms with Gasteiger partial charge in [-0.3, -0.25) is 0 Å². The van der Waals surface area contributed by atoms with Gasteiger partial charge < -0.3 is 15.2 Å². The zero-order valence-electron chi connectivity index (χ0n) is 7.99. The Kier molecular flexibility index (Phi) is 3.58. The summed E-state index contributed by atoms with van der Waals surface area (Å²) in [7, 11) is 1.62. The Labute approximate surface area is 78.5 Å². The van der Waals surface area contributed by atoms with Gasteiger partial charge in [0.05, 0.1) is 7.11 Å². The van der Waals surface area contributed by atoms with Crippen molar-refractivity contribution in [1.29, 1.82) is 0 Å². The van der Waals surface area contributed by atoms with Crippen molar-refractivity contribution in [1.82, 2.24) is 0 Å². The topological polar surface area (TPSA) is 44.5 Å². The van der Waals surface area contributed by atoms with Crippen LogP contribution in [0.3, 0.4) is 0 Å². The van der Waals surface area contributed by atoms with Gasteiger partial charge in [0, 0.05) is 6.04 Å². The van der Waals surface area contributed by atoms with Crippen LogP contribution in [0.4, 0.5) is 0 Å². The monoisotopic (exact) mass is 181 g/mol. The molecule has 0 radical (unpaired) electrons. The summed E-state index contributed by atoms with van der Waals surface area (Å²) in [4.78, 5) is 0. The minimum Gasteiger partial charge on any atom is -0.493 e. The highest BCUT2D eigenvalue weighted by Crippen LogP contribution is 2.25. The van der Waals surface area contributed by atoms with Crippen molar-refractivity contribution in [2.24, 2.45) is 5.73 Å². The van der Waals surface area contributed by atoms with Gasteiger partial charge in [0.25, 0.3) is 0 Å². The third-order valence-electron chi connectivity index (χ3n) is 1.57. The average molecular weight is 181 g/mol. The van der Waals surface area contributed by atoms with Crippen LogP contribution in [0.15, 0.2) is 24.3 Å². The lowest BCUT2D eigenvalue weighted by Gasteiger charge is -2.11. The first-order chi connectivity index (χ1) is 6.24. The second-order valence-electron chi connectivity index (χ2n) is 2.94. The first-order valence-corrected chi connectivity index (χ1v) is 4.25. The highest BCUT2D eigenvalue weighted by atomic mass is 16.5. The van der Waals surface area contributed by atoms with Crippen LogP contribution in [-0.4, -0.2) is 19.8 Å². The number of benzene rings is 1. The largest absolute Gasteiger partial charge is 0.493 e. The molecular formula is C10H15NO2. The molecule has 0 unspecified atom stereocenters. The van der Waals surface area contributed by atoms with Crippen molar-refractivity contribution in [2.45, 2.75) is 13.0 Å². The van der Waals surface area contributed by atoms with Gasteiger partial charge in [0.15, 0.2) is 11.5 Å². The van der Waals surface area contributed by atoms with E-state index in [0.29, 0.717) is 6.61 Å². The minimum absolute atomic E-state index is 0.0323. The van der Waals surface area contributed by atoms with Gasteiger partial charge in [0.2, 0.25) is 0 Å². The van der Waals surface area contributed by atoms with Crippen LogP contribution < -0.4 is 15.2 Å². The van der Waals surface area contributed by atoms with Gasteiger partial charge in [-0.1, -0.05) is 12.1 Å². The molecule has 13 heavy (non-hydrogen) atoms. The molecule has 1 aromatic carbocycles. The summed E-state index contributed by atoms with van der Waals surface area (Å²) in [5, 5.41) is 0. The summed E-state index contributed by atoms with van der Waals surface area (Å²) in [5.41, 5.74) is 5.57. The molecule has 0 aliphatic carbocycles. The Morgan fingerprint density at radius 3 is 2.46 bits per heavy atom. The molecular weight excluding hydrogens is 166 g/mol. The molecule has 0 spiro atoms. The van der Waals surface area contributed by atoms with E-state index < -0.39 is 0 Å². The summed E-state index contributed by atoms with van der Waals surface area (Å²) in [6.07, 6.45) is 0. The maximum atomic E-state index is 5.57. The second-order valence-corrected chi connectivity index (χ2v) is 2.94. The fraction of sp³-hybridized carbons (Fsp3) is 0.400. The zero-order chi connectivity index (χ0) is 9.68. The van der Waals surface area contributed by atoms with Crippen molar-refractivity contribution in [2.75, 3.05) is 13.7 Å². The molecule has 0 saturated carbocycles. The molecule has 1 rings (SSSR count). The summed E-state index contributed by atoms with van der Waals surface area (Å²) < 4.78 is 10.6. The minimum atomic E-state index is 0.0323. The Morgan fingerprint density at radius 1 is 1.31 bits per heavy atom. The maximum Gasteiger partial charge on any atom is 0.161 e. The molecule has 0 heterocycles. The summed E-state index contributed by atoms with van der Waals surface area (Å²) in [5.74, 6) is 1.48. The SMILES string of the molecule is COc1ccccc1OC[C@@H](C)N. The summed E-state index contributed by atoms with van der Waals surface area (Å²) >= 11 is 0. The number of hydrogen-bond acceptors (Lipinski definition) is 3. The van der Waals surface area contributed by atoms with Crippen LogP contribution >= 0.6 is 0 Å². The fourth-order valence-electron chi connectivity index (χ4n) is 0.959. The van der Waals surface area contributed by atoms with Crippen LogP contribution in [0.25, 0.3) is 0 Å². The standard InChI is InChI=1S/C10H15NO2/c1-8(11)7-13-10-6-4-3-5-9(10)12-2/h3-6,8H,7,11H2,1-2H3/t8-/m1/s1. The molecule has 72 valence electrons. The van der Waals surface area contributed by atoms with E-state index in [1.165, 1.54) is 0 Å². The molecule has 2 N–H and O–H groups in total. The highest BCUT2D eigenvalue weighted by Gasteiger charge is 2.02. The van der Waals surface area contributed by atoms with Crippen molar-refractivity contribution >= 4 is 0 Å². The number of methoxy groups -OCH3 is 1. The lowest BCUT2D eigenvalue weighted by atomic mass is 10.3. The van der Waals surface area contributed by atoms with E-state index in [4.69, 9.17) is 15.2 Å². The quantitative estimate of drug-likeness (QED) is 0.764. The van der Waals surface area contributed by atoms with Gasteiger partial charge in [-0.2, -0.15) is 0 Å². The van der Waals surface area contributed by atoms with E-state index in [1.54, 1.807) is 7.11 Å². The molecule has 0 amide bonds. The molecule has 0 bridgehead atoms. The van der Waals surface area contributed by atoms with Crippen molar-refractivity contribution in [3.8, 4) is 11.5 Å². The van der Waals surface area contributed by atoms with Crippen LogP contribution in [0.5, 0.6) is 11.5 Å². The molecule has 0 aliphatic rings. The Balaban J connectivity index is 2.64. The van der Waals surface area contributed by atoms with Gasteiger partial charge in [0.1, 0.15) is 6.61 Å². The van der Waals surface area contributed by atoms with Crippen LogP contribution in [-0.2, 0) is 0 Å². The summed E-state index contributed by atoms with van der Waals surface area (Å²) in [6, 6.07) is 7.55. The Morgan fingerprint density at radius 2 is 1.92 bits per heavy atom. The van der Waals surface area contributed by atoms with E-state index in [2.05, 4.69) is 0 Å². The van der Waals surface area contributed by atoms with E-state index in [9.17, 15) is 0 Å². The second kappa shape index (κ2) is 4.72. The number of nitrogens with two attached hydrogens (primary N) is 1. The van der Waals surface area contributed by atoms with Gasteiger partial charge in [-0.25, -0.2) is 0 Å². The fourth-order valence-corrected chi connectivity index (χ4v) is 0.959. The first kappa shape index (κ1) is 9.86. The van der Waals surface area contributed by atoms with E-state index >= 15 is 0 Å². The maximum absolute atomic E-state index is 5.57. The van der Waals surface area contributed by atoms with Crippen molar-refractivity contribution < 1.29 is 9.47 Å². The number of ether oxygens (including phenoxy) is 2. The smallest absolute Gasteiger partial charge is 0.161 e. The number of para-hydroxylation sites is 2. The van der Waals surface area contributed by atoms with Crippen molar-refractivity contribution in [3.05, 3.63) is 24.3 Å². The van der Waals surface area contributed by atoms with Gasteiger partial charge >= 0.3 is 0 Å². The molecule has 3 heteroatoms. The lowest BCUT2D eigenvalue weighted by molar-refractivity contribution is 0.278. The Hall–Kier alpha value is -1.22. The molecule has 0 fully saturated rings. The molecule has 0 aliphatic heterocycles. The number of hydrogen-bond donors (Lipinski definition) is 1. The van der Waals surface area contributed by atoms with E-state index in [-0.39, 0.29) is 6.04 Å². The predicted octanol–water partition coefficient (Wildman–Crippen LogP) is 1.42. The van der Waals surface area contributed by atoms with Crippen molar-refractivity contribution in [3.63, 3.8) is 0 Å². The predicted molar refractivity (Wildman–Crippen MR) is 52.1 cm³/mol. The normalized spacial score (nSPS) is 12.2. The molecule has 1 aromatic rings. The van der Waals surface area contributed by atoms with Gasteiger partial charge in [-0.05, 0) is 19.1 Å². The number of rotatable bonds is 4. The first-order valence-electron chi connectivity index (χ1n) is 4.25. The highest BCUT2D eigenvalue weighted by molar-refractivity contribution is 5.39. The zero-order valence-corrected chi connectivity index (χ0v) is 7.99. The third kappa shape index (κ3) is 2.95. The molecule has 0 saturated heterocycles. The van der Waals surface area contributed by atoms with Crippen LogP contribution in [0.1, 0.15) is 6.92 Å². The Bertz CT molecular complexity index is 261. The summed E-state index contributed by atoms with van der Waals surface area (Å²) in [6.45, 7) is 2.40. The average Bonchev–Trinajstić information content (AvgIpc) is 2.15. The van der Waals surface area contributed by atoms with Gasteiger partial charge in [-0.15, -0.1) is 0 Å².